The van der Waals surface area contributed by atoms with Crippen molar-refractivity contribution in [2.45, 2.75) is 38.0 Å². The predicted octanol–water partition coefficient (Wildman–Crippen LogP) is 4.45. The van der Waals surface area contributed by atoms with Gasteiger partial charge in [0.25, 0.3) is 0 Å². The molecule has 2 nitrogen and oxygen atoms in total. The van der Waals surface area contributed by atoms with E-state index < -0.39 is 0 Å². The molecule has 1 saturated carbocycles. The van der Waals surface area contributed by atoms with Crippen LogP contribution in [0, 0.1) is 6.92 Å². The maximum absolute atomic E-state index is 12.9. The first kappa shape index (κ1) is 13.9. The summed E-state index contributed by atoms with van der Waals surface area (Å²) in [6, 6.07) is 18.2. The normalized spacial score (nSPS) is 16.6. The van der Waals surface area contributed by atoms with E-state index in [2.05, 4.69) is 17.4 Å². The number of nitrogens with one attached hydrogen (secondary N) is 1. The Balaban J connectivity index is 1.87. The molecule has 0 unspecified atom stereocenters. The van der Waals surface area contributed by atoms with Crippen LogP contribution >= 0.6 is 0 Å². The van der Waals surface area contributed by atoms with E-state index in [1.807, 2.05) is 49.4 Å². The minimum absolute atomic E-state index is 0.134. The second-order valence-corrected chi connectivity index (χ2v) is 5.98. The molecule has 0 heterocycles. The number of hydrogen-bond acceptors (Lipinski definition) is 1. The summed E-state index contributed by atoms with van der Waals surface area (Å²) < 4.78 is 0. The first-order valence-electron chi connectivity index (χ1n) is 7.64. The van der Waals surface area contributed by atoms with Gasteiger partial charge in [-0.15, -0.1) is 0 Å². The number of carbonyl (C=O) groups excluding carboxylic acids is 1. The molecule has 3 rings (SSSR count). The summed E-state index contributed by atoms with van der Waals surface area (Å²) in [6.45, 7) is 2.05. The Labute approximate surface area is 126 Å². The summed E-state index contributed by atoms with van der Waals surface area (Å²) in [5.41, 5.74) is 2.87. The average molecular weight is 279 g/mol. The fraction of sp³-hybridized carbons (Fsp3) is 0.316. The van der Waals surface area contributed by atoms with Crippen LogP contribution in [-0.4, -0.2) is 5.91 Å². The lowest BCUT2D eigenvalue weighted by molar-refractivity contribution is -0.121. The van der Waals surface area contributed by atoms with Crippen molar-refractivity contribution in [3.8, 4) is 0 Å². The second-order valence-electron chi connectivity index (χ2n) is 5.98. The lowest BCUT2D eigenvalue weighted by atomic mass is 9.78. The van der Waals surface area contributed by atoms with E-state index in [0.29, 0.717) is 0 Å². The molecule has 0 aliphatic heterocycles. The van der Waals surface area contributed by atoms with Crippen LogP contribution in [0.2, 0.25) is 0 Å². The van der Waals surface area contributed by atoms with Gasteiger partial charge in [-0.25, -0.2) is 0 Å². The van der Waals surface area contributed by atoms with Crippen molar-refractivity contribution in [2.24, 2.45) is 0 Å². The summed E-state index contributed by atoms with van der Waals surface area (Å²) in [7, 11) is 0. The van der Waals surface area contributed by atoms with Crippen molar-refractivity contribution < 1.29 is 4.79 Å². The van der Waals surface area contributed by atoms with Crippen molar-refractivity contribution in [1.29, 1.82) is 0 Å². The minimum atomic E-state index is -0.355. The van der Waals surface area contributed by atoms with E-state index in [1.54, 1.807) is 0 Å². The molecule has 0 radical (unpaired) electrons. The first-order chi connectivity index (χ1) is 10.2. The second kappa shape index (κ2) is 5.72. The fourth-order valence-electron chi connectivity index (χ4n) is 3.27. The first-order valence-corrected chi connectivity index (χ1v) is 7.64. The van der Waals surface area contributed by atoms with Crippen LogP contribution in [0.4, 0.5) is 5.69 Å². The molecule has 1 aliphatic carbocycles. The van der Waals surface area contributed by atoms with Crippen LogP contribution in [0.25, 0.3) is 0 Å². The third kappa shape index (κ3) is 2.71. The zero-order valence-electron chi connectivity index (χ0n) is 12.4. The number of aryl methyl sites for hydroxylation is 1. The van der Waals surface area contributed by atoms with Gasteiger partial charge < -0.3 is 5.32 Å². The monoisotopic (exact) mass is 279 g/mol. The zero-order valence-corrected chi connectivity index (χ0v) is 12.4. The summed E-state index contributed by atoms with van der Waals surface area (Å²) in [5, 5.41) is 3.11. The molecule has 1 N–H and O–H groups in total. The smallest absolute Gasteiger partial charge is 0.235 e. The summed E-state index contributed by atoms with van der Waals surface area (Å²) in [6.07, 6.45) is 4.12. The Morgan fingerprint density at radius 1 is 0.952 bits per heavy atom. The van der Waals surface area contributed by atoms with E-state index in [4.69, 9.17) is 0 Å². The van der Waals surface area contributed by atoms with Crippen molar-refractivity contribution in [3.05, 3.63) is 65.7 Å². The molecule has 108 valence electrons. The molecule has 0 bridgehead atoms. The fourth-order valence-corrected chi connectivity index (χ4v) is 3.27. The highest BCUT2D eigenvalue weighted by Crippen LogP contribution is 2.42. The zero-order chi connectivity index (χ0) is 14.7. The molecule has 21 heavy (non-hydrogen) atoms. The molecular weight excluding hydrogens is 258 g/mol. The lowest BCUT2D eigenvalue weighted by Crippen LogP contribution is -2.37. The summed E-state index contributed by atoms with van der Waals surface area (Å²) in [4.78, 5) is 12.9. The number of rotatable bonds is 3. The number of hydrogen-bond donors (Lipinski definition) is 1. The Bertz CT molecular complexity index is 610. The van der Waals surface area contributed by atoms with Crippen LogP contribution < -0.4 is 5.32 Å². The number of benzene rings is 2. The van der Waals surface area contributed by atoms with E-state index in [1.165, 1.54) is 5.56 Å². The van der Waals surface area contributed by atoms with Crippen molar-refractivity contribution in [3.63, 3.8) is 0 Å². The number of amides is 1. The van der Waals surface area contributed by atoms with Gasteiger partial charge in [-0.3, -0.25) is 4.79 Å². The van der Waals surface area contributed by atoms with Gasteiger partial charge >= 0.3 is 0 Å². The van der Waals surface area contributed by atoms with E-state index >= 15 is 0 Å². The molecule has 1 aliphatic rings. The van der Waals surface area contributed by atoms with E-state index in [0.717, 1.165) is 36.9 Å². The van der Waals surface area contributed by atoms with Crippen LogP contribution in [0.3, 0.4) is 0 Å². The maximum atomic E-state index is 12.9. The van der Waals surface area contributed by atoms with Gasteiger partial charge in [0.1, 0.15) is 0 Å². The van der Waals surface area contributed by atoms with Crippen molar-refractivity contribution >= 4 is 11.6 Å². The largest absolute Gasteiger partial charge is 0.325 e. The standard InChI is InChI=1S/C19H21NO/c1-15-9-11-17(12-10-15)20-18(21)19(13-5-6-14-19)16-7-3-2-4-8-16/h2-4,7-12H,5-6,13-14H2,1H3,(H,20,21). The Hall–Kier alpha value is -2.09. The lowest BCUT2D eigenvalue weighted by Gasteiger charge is -2.28. The molecule has 0 saturated heterocycles. The molecule has 0 atom stereocenters. The molecule has 0 spiro atoms. The quantitative estimate of drug-likeness (QED) is 0.884. The molecule has 1 amide bonds. The Kier molecular flexibility index (Phi) is 3.78. The van der Waals surface area contributed by atoms with Crippen LogP contribution in [-0.2, 0) is 10.2 Å². The highest BCUT2D eigenvalue weighted by molar-refractivity contribution is 5.99. The SMILES string of the molecule is Cc1ccc(NC(=O)C2(c3ccccc3)CCCC2)cc1. The van der Waals surface area contributed by atoms with Gasteiger partial charge in [0, 0.05) is 5.69 Å². The van der Waals surface area contributed by atoms with Crippen molar-refractivity contribution in [1.82, 2.24) is 0 Å². The van der Waals surface area contributed by atoms with Gasteiger partial charge in [-0.2, -0.15) is 0 Å². The Morgan fingerprint density at radius 3 is 2.19 bits per heavy atom. The van der Waals surface area contributed by atoms with Gasteiger partial charge in [0.05, 0.1) is 5.41 Å². The third-order valence-electron chi connectivity index (χ3n) is 4.53. The average Bonchev–Trinajstić information content (AvgIpc) is 3.01. The Morgan fingerprint density at radius 2 is 1.57 bits per heavy atom. The van der Waals surface area contributed by atoms with Gasteiger partial charge in [0.2, 0.25) is 5.91 Å². The predicted molar refractivity (Wildman–Crippen MR) is 86.4 cm³/mol. The van der Waals surface area contributed by atoms with Gasteiger partial charge in [-0.05, 0) is 37.5 Å². The molecule has 2 aromatic carbocycles. The highest BCUT2D eigenvalue weighted by atomic mass is 16.2. The highest BCUT2D eigenvalue weighted by Gasteiger charge is 2.42. The van der Waals surface area contributed by atoms with Crippen LogP contribution in [0.15, 0.2) is 54.6 Å². The number of carbonyl (C=O) groups is 1. The molecule has 0 aromatic heterocycles. The van der Waals surface area contributed by atoms with Crippen LogP contribution in [0.1, 0.15) is 36.8 Å². The van der Waals surface area contributed by atoms with E-state index in [-0.39, 0.29) is 11.3 Å². The molecule has 1 fully saturated rings. The molecular formula is C19H21NO. The topological polar surface area (TPSA) is 29.1 Å². The maximum Gasteiger partial charge on any atom is 0.235 e. The van der Waals surface area contributed by atoms with Crippen molar-refractivity contribution in [2.75, 3.05) is 5.32 Å². The van der Waals surface area contributed by atoms with Gasteiger partial charge in [-0.1, -0.05) is 60.9 Å². The summed E-state index contributed by atoms with van der Waals surface area (Å²) in [5.74, 6) is 0.134. The third-order valence-corrected chi connectivity index (χ3v) is 4.53. The molecule has 2 aromatic rings. The van der Waals surface area contributed by atoms with Gasteiger partial charge in [0.15, 0.2) is 0 Å². The molecule has 2 heteroatoms. The summed E-state index contributed by atoms with van der Waals surface area (Å²) >= 11 is 0. The minimum Gasteiger partial charge on any atom is -0.325 e. The van der Waals surface area contributed by atoms with Crippen LogP contribution in [0.5, 0.6) is 0 Å². The van der Waals surface area contributed by atoms with E-state index in [9.17, 15) is 4.79 Å². The number of anilines is 1.